The van der Waals surface area contributed by atoms with Crippen LogP contribution in [0.1, 0.15) is 19.5 Å². The Morgan fingerprint density at radius 1 is 1.41 bits per heavy atom. The zero-order valence-corrected chi connectivity index (χ0v) is 10.5. The Bertz CT molecular complexity index is 343. The van der Waals surface area contributed by atoms with Gasteiger partial charge in [0.1, 0.15) is 0 Å². The van der Waals surface area contributed by atoms with E-state index < -0.39 is 0 Å². The molecule has 0 aliphatic carbocycles. The third-order valence-electron chi connectivity index (χ3n) is 2.83. The molecule has 1 aromatic heterocycles. The van der Waals surface area contributed by atoms with Gasteiger partial charge in [-0.25, -0.2) is 0 Å². The molecule has 0 unspecified atom stereocenters. The van der Waals surface area contributed by atoms with Gasteiger partial charge in [-0.15, -0.1) is 5.10 Å². The highest BCUT2D eigenvalue weighted by molar-refractivity contribution is 4.93. The fourth-order valence-corrected chi connectivity index (χ4v) is 2.30. The van der Waals surface area contributed by atoms with E-state index in [1.165, 1.54) is 0 Å². The van der Waals surface area contributed by atoms with Crippen LogP contribution in [0.25, 0.3) is 0 Å². The van der Waals surface area contributed by atoms with E-state index in [9.17, 15) is 0 Å². The first-order valence-electron chi connectivity index (χ1n) is 6.14. The summed E-state index contributed by atoms with van der Waals surface area (Å²) < 4.78 is 7.49. The van der Waals surface area contributed by atoms with Crippen LogP contribution in [0.3, 0.4) is 0 Å². The number of hydrogen-bond donors (Lipinski definition) is 1. The average molecular weight is 239 g/mol. The number of ether oxygens (including phenoxy) is 1. The lowest BCUT2D eigenvalue weighted by Gasteiger charge is -2.34. The summed E-state index contributed by atoms with van der Waals surface area (Å²) >= 11 is 0. The second-order valence-corrected chi connectivity index (χ2v) is 4.71. The van der Waals surface area contributed by atoms with Crippen LogP contribution in [-0.4, -0.2) is 51.7 Å². The normalized spacial score (nSPS) is 26.3. The standard InChI is InChI=1S/C11H21N5O/c1-9-5-15(6-10(2)17-9)7-11-8-16(4-3-12)14-13-11/h8-10H,3-7,12H2,1-2H3/t9-,10+. The molecule has 1 aromatic rings. The second-order valence-electron chi connectivity index (χ2n) is 4.71. The van der Waals surface area contributed by atoms with Crippen LogP contribution in [0, 0.1) is 0 Å². The Morgan fingerprint density at radius 3 is 2.76 bits per heavy atom. The molecule has 2 atom stereocenters. The van der Waals surface area contributed by atoms with E-state index in [1.54, 1.807) is 4.68 Å². The van der Waals surface area contributed by atoms with E-state index in [4.69, 9.17) is 10.5 Å². The summed E-state index contributed by atoms with van der Waals surface area (Å²) in [5, 5.41) is 8.19. The summed E-state index contributed by atoms with van der Waals surface area (Å²) in [5.74, 6) is 0. The summed E-state index contributed by atoms with van der Waals surface area (Å²) in [7, 11) is 0. The van der Waals surface area contributed by atoms with Crippen molar-refractivity contribution in [3.05, 3.63) is 11.9 Å². The van der Waals surface area contributed by atoms with Crippen LogP contribution in [0.4, 0.5) is 0 Å². The maximum absolute atomic E-state index is 5.70. The molecule has 0 saturated carbocycles. The first-order chi connectivity index (χ1) is 8.17. The van der Waals surface area contributed by atoms with Gasteiger partial charge in [-0.2, -0.15) is 0 Å². The van der Waals surface area contributed by atoms with Crippen LogP contribution in [-0.2, 0) is 17.8 Å². The fourth-order valence-electron chi connectivity index (χ4n) is 2.30. The van der Waals surface area contributed by atoms with Crippen LogP contribution >= 0.6 is 0 Å². The fraction of sp³-hybridized carbons (Fsp3) is 0.818. The molecule has 6 heteroatoms. The van der Waals surface area contributed by atoms with Gasteiger partial charge in [0, 0.05) is 32.4 Å². The summed E-state index contributed by atoms with van der Waals surface area (Å²) in [6.45, 7) is 8.27. The maximum Gasteiger partial charge on any atom is 0.0967 e. The molecule has 0 aromatic carbocycles. The van der Waals surface area contributed by atoms with Gasteiger partial charge in [-0.1, -0.05) is 5.21 Å². The molecule has 1 fully saturated rings. The van der Waals surface area contributed by atoms with Crippen molar-refractivity contribution in [2.24, 2.45) is 5.73 Å². The monoisotopic (exact) mass is 239 g/mol. The third kappa shape index (κ3) is 3.49. The molecule has 17 heavy (non-hydrogen) atoms. The van der Waals surface area contributed by atoms with Crippen LogP contribution in [0.2, 0.25) is 0 Å². The van der Waals surface area contributed by atoms with Gasteiger partial charge in [-0.05, 0) is 13.8 Å². The summed E-state index contributed by atoms with van der Waals surface area (Å²) in [6, 6.07) is 0. The molecule has 96 valence electrons. The van der Waals surface area contributed by atoms with E-state index in [0.717, 1.165) is 31.9 Å². The van der Waals surface area contributed by atoms with Crippen molar-refractivity contribution >= 4 is 0 Å². The van der Waals surface area contributed by atoms with Gasteiger partial charge in [0.2, 0.25) is 0 Å². The minimum Gasteiger partial charge on any atom is -0.373 e. The van der Waals surface area contributed by atoms with Crippen molar-refractivity contribution in [1.82, 2.24) is 19.9 Å². The number of aromatic nitrogens is 3. The smallest absolute Gasteiger partial charge is 0.0967 e. The molecule has 1 aliphatic rings. The molecule has 2 N–H and O–H groups in total. The highest BCUT2D eigenvalue weighted by Crippen LogP contribution is 2.12. The minimum atomic E-state index is 0.290. The topological polar surface area (TPSA) is 69.2 Å². The van der Waals surface area contributed by atoms with Crippen molar-refractivity contribution in [3.8, 4) is 0 Å². The number of nitrogens with two attached hydrogens (primary N) is 1. The highest BCUT2D eigenvalue weighted by Gasteiger charge is 2.22. The zero-order valence-electron chi connectivity index (χ0n) is 10.5. The summed E-state index contributed by atoms with van der Waals surface area (Å²) in [5.41, 5.74) is 6.47. The van der Waals surface area contributed by atoms with Crippen LogP contribution in [0.5, 0.6) is 0 Å². The van der Waals surface area contributed by atoms with E-state index >= 15 is 0 Å². The molecule has 6 nitrogen and oxygen atoms in total. The Balaban J connectivity index is 1.90. The first kappa shape index (κ1) is 12.5. The van der Waals surface area contributed by atoms with Crippen molar-refractivity contribution in [2.75, 3.05) is 19.6 Å². The molecule has 0 spiro atoms. The van der Waals surface area contributed by atoms with E-state index in [2.05, 4.69) is 29.1 Å². The van der Waals surface area contributed by atoms with Crippen molar-refractivity contribution in [3.63, 3.8) is 0 Å². The van der Waals surface area contributed by atoms with Gasteiger partial charge in [0.25, 0.3) is 0 Å². The van der Waals surface area contributed by atoms with Crippen molar-refractivity contribution in [2.45, 2.75) is 39.1 Å². The SMILES string of the molecule is C[C@@H]1CN(Cc2cn(CCN)nn2)C[C@H](C)O1. The zero-order chi connectivity index (χ0) is 12.3. The Morgan fingerprint density at radius 2 is 2.12 bits per heavy atom. The Kier molecular flexibility index (Phi) is 4.09. The predicted octanol–water partition coefficient (Wildman–Crippen LogP) is -0.154. The Labute approximate surface area is 102 Å². The molecule has 2 rings (SSSR count). The van der Waals surface area contributed by atoms with Gasteiger partial charge in [-0.3, -0.25) is 9.58 Å². The molecule has 2 heterocycles. The van der Waals surface area contributed by atoms with Crippen LogP contribution < -0.4 is 5.73 Å². The minimum absolute atomic E-state index is 0.290. The van der Waals surface area contributed by atoms with E-state index in [-0.39, 0.29) is 12.2 Å². The van der Waals surface area contributed by atoms with E-state index in [1.807, 2.05) is 6.20 Å². The largest absolute Gasteiger partial charge is 0.373 e. The molecule has 0 bridgehead atoms. The average Bonchev–Trinajstić information content (AvgIpc) is 2.64. The van der Waals surface area contributed by atoms with Crippen molar-refractivity contribution in [1.29, 1.82) is 0 Å². The number of hydrogen-bond acceptors (Lipinski definition) is 5. The summed E-state index contributed by atoms with van der Waals surface area (Å²) in [6.07, 6.45) is 2.55. The van der Waals surface area contributed by atoms with Gasteiger partial charge in [0.15, 0.2) is 0 Å². The second kappa shape index (κ2) is 5.57. The van der Waals surface area contributed by atoms with Gasteiger partial charge >= 0.3 is 0 Å². The van der Waals surface area contributed by atoms with Gasteiger partial charge < -0.3 is 10.5 Å². The predicted molar refractivity (Wildman–Crippen MR) is 64.4 cm³/mol. The quantitative estimate of drug-likeness (QED) is 0.791. The molecular formula is C11H21N5O. The lowest BCUT2D eigenvalue weighted by Crippen LogP contribution is -2.44. The summed E-state index contributed by atoms with van der Waals surface area (Å²) in [4.78, 5) is 2.36. The number of morpholine rings is 1. The third-order valence-corrected chi connectivity index (χ3v) is 2.83. The molecule has 1 saturated heterocycles. The van der Waals surface area contributed by atoms with Crippen LogP contribution in [0.15, 0.2) is 6.20 Å². The number of rotatable bonds is 4. The van der Waals surface area contributed by atoms with E-state index in [0.29, 0.717) is 6.54 Å². The van der Waals surface area contributed by atoms with Gasteiger partial charge in [0.05, 0.1) is 24.4 Å². The molecular weight excluding hydrogens is 218 g/mol. The lowest BCUT2D eigenvalue weighted by molar-refractivity contribution is -0.0707. The molecule has 0 amide bonds. The van der Waals surface area contributed by atoms with Crippen molar-refractivity contribution < 1.29 is 4.74 Å². The number of nitrogens with zero attached hydrogens (tertiary/aromatic N) is 4. The first-order valence-corrected chi connectivity index (χ1v) is 6.14. The highest BCUT2D eigenvalue weighted by atomic mass is 16.5. The molecule has 0 radical (unpaired) electrons. The molecule has 1 aliphatic heterocycles. The maximum atomic E-state index is 5.70. The Hall–Kier alpha value is -0.980. The lowest BCUT2D eigenvalue weighted by atomic mass is 10.2.